The number of rotatable bonds is 1. The highest BCUT2D eigenvalue weighted by molar-refractivity contribution is 6.40. The van der Waals surface area contributed by atoms with Crippen LogP contribution in [-0.2, 0) is 7.05 Å². The Hall–Kier alpha value is -2.55. The number of fused-ring (bicyclic) bond motifs is 4. The molecule has 4 heteroatoms. The molecule has 2 nitrogen and oxygen atoms in total. The van der Waals surface area contributed by atoms with Gasteiger partial charge in [0.2, 0.25) is 11.0 Å². The highest BCUT2D eigenvalue weighted by Gasteiger charge is 2.21. The van der Waals surface area contributed by atoms with E-state index in [1.807, 2.05) is 12.1 Å². The average Bonchev–Trinajstić information content (AvgIpc) is 3.06. The molecule has 0 fully saturated rings. The second-order valence-corrected chi connectivity index (χ2v) is 6.74. The number of nitrogens with one attached hydrogen (secondary N) is 1. The minimum absolute atomic E-state index is 0. The van der Waals surface area contributed by atoms with E-state index in [0.29, 0.717) is 0 Å². The third-order valence-electron chi connectivity index (χ3n) is 4.94. The predicted octanol–water partition coefficient (Wildman–Crippen LogP) is 6.04. The fourth-order valence-corrected chi connectivity index (χ4v) is 4.00. The molecule has 0 unspecified atom stereocenters. The van der Waals surface area contributed by atoms with Gasteiger partial charge in [-0.1, -0.05) is 60.1 Å². The normalized spacial score (nSPS) is 11.2. The van der Waals surface area contributed by atoms with Crippen LogP contribution in [0, 0.1) is 0 Å². The van der Waals surface area contributed by atoms with E-state index in [-0.39, 0.29) is 12.4 Å². The SMILES string of the molecule is C[n+]1c2ccccc2c(Cl)c2[nH]c3ccc(-c4ccccc4)cc3c21.Cl. The molecule has 1 N–H and O–H groups in total. The summed E-state index contributed by atoms with van der Waals surface area (Å²) in [6, 6.07) is 25.2. The van der Waals surface area contributed by atoms with Gasteiger partial charge in [0.25, 0.3) is 0 Å². The van der Waals surface area contributed by atoms with Crippen molar-refractivity contribution in [1.29, 1.82) is 0 Å². The zero-order valence-corrected chi connectivity index (χ0v) is 15.7. The van der Waals surface area contributed by atoms with Crippen molar-refractivity contribution in [2.45, 2.75) is 0 Å². The molecule has 3 aromatic carbocycles. The Labute approximate surface area is 162 Å². The number of pyridine rings is 1. The lowest BCUT2D eigenvalue weighted by molar-refractivity contribution is -0.616. The monoisotopic (exact) mass is 379 g/mol. The van der Waals surface area contributed by atoms with Crippen molar-refractivity contribution in [1.82, 2.24) is 4.98 Å². The van der Waals surface area contributed by atoms with Crippen LogP contribution in [0.5, 0.6) is 0 Å². The van der Waals surface area contributed by atoms with Gasteiger partial charge < -0.3 is 4.98 Å². The highest BCUT2D eigenvalue weighted by Crippen LogP contribution is 2.34. The summed E-state index contributed by atoms with van der Waals surface area (Å²) in [6.45, 7) is 0. The maximum atomic E-state index is 6.73. The third kappa shape index (κ3) is 2.38. The van der Waals surface area contributed by atoms with Crippen LogP contribution in [-0.4, -0.2) is 4.98 Å². The van der Waals surface area contributed by atoms with E-state index in [1.165, 1.54) is 16.5 Å². The second-order valence-electron chi connectivity index (χ2n) is 6.37. The molecule has 0 atom stereocenters. The molecule has 0 saturated carbocycles. The van der Waals surface area contributed by atoms with Crippen LogP contribution in [0.1, 0.15) is 0 Å². The van der Waals surface area contributed by atoms with E-state index >= 15 is 0 Å². The summed E-state index contributed by atoms with van der Waals surface area (Å²) >= 11 is 6.73. The maximum absolute atomic E-state index is 6.73. The van der Waals surface area contributed by atoms with Crippen LogP contribution in [0.15, 0.2) is 72.8 Å². The number of aromatic nitrogens is 2. The van der Waals surface area contributed by atoms with Crippen molar-refractivity contribution >= 4 is 56.8 Å². The first-order valence-electron chi connectivity index (χ1n) is 8.31. The Bertz CT molecular complexity index is 1260. The molecule has 0 radical (unpaired) electrons. The molecule has 2 heterocycles. The molecule has 0 spiro atoms. The van der Waals surface area contributed by atoms with Crippen LogP contribution >= 0.6 is 24.0 Å². The van der Waals surface area contributed by atoms with Gasteiger partial charge in [-0.05, 0) is 29.3 Å². The lowest BCUT2D eigenvalue weighted by atomic mass is 10.0. The smallest absolute Gasteiger partial charge is 0.240 e. The minimum Gasteiger partial charge on any atom is -0.348 e. The van der Waals surface area contributed by atoms with Gasteiger partial charge in [0.1, 0.15) is 12.6 Å². The molecule has 5 aromatic rings. The lowest BCUT2D eigenvalue weighted by Crippen LogP contribution is -2.29. The topological polar surface area (TPSA) is 19.7 Å². The predicted molar refractivity (Wildman–Crippen MR) is 112 cm³/mol. The Morgan fingerprint density at radius 3 is 2.35 bits per heavy atom. The summed E-state index contributed by atoms with van der Waals surface area (Å²) in [7, 11) is 2.10. The fraction of sp³-hybridized carbons (Fsp3) is 0.0455. The van der Waals surface area contributed by atoms with Crippen LogP contribution in [0.2, 0.25) is 5.02 Å². The largest absolute Gasteiger partial charge is 0.348 e. The number of aryl methyl sites for hydroxylation is 1. The first-order chi connectivity index (χ1) is 12.2. The molecular weight excluding hydrogens is 363 g/mol. The zero-order valence-electron chi connectivity index (χ0n) is 14.2. The van der Waals surface area contributed by atoms with E-state index in [2.05, 4.69) is 77.3 Å². The Balaban J connectivity index is 0.00000168. The van der Waals surface area contributed by atoms with E-state index in [9.17, 15) is 0 Å². The number of hydrogen-bond acceptors (Lipinski definition) is 0. The zero-order chi connectivity index (χ0) is 17.0. The van der Waals surface area contributed by atoms with Gasteiger partial charge in [0.15, 0.2) is 0 Å². The standard InChI is InChI=1S/C22H15ClN2.ClH/c1-25-19-10-6-5-9-16(19)20(23)21-22(25)17-13-15(11-12-18(17)24-21)14-7-3-2-4-8-14;/h2-13H,1H3;1H/p+1. The van der Waals surface area contributed by atoms with Gasteiger partial charge in [-0.25, -0.2) is 0 Å². The molecular formula is C22H17Cl2N2+. The van der Waals surface area contributed by atoms with Crippen LogP contribution in [0.3, 0.4) is 0 Å². The van der Waals surface area contributed by atoms with Crippen molar-refractivity contribution in [3.05, 3.63) is 77.8 Å². The third-order valence-corrected chi connectivity index (χ3v) is 5.33. The molecule has 0 amide bonds. The van der Waals surface area contributed by atoms with Crippen LogP contribution < -0.4 is 4.57 Å². The molecule has 26 heavy (non-hydrogen) atoms. The first-order valence-corrected chi connectivity index (χ1v) is 8.69. The summed E-state index contributed by atoms with van der Waals surface area (Å²) < 4.78 is 2.23. The summed E-state index contributed by atoms with van der Waals surface area (Å²) in [5, 5.41) is 3.03. The summed E-state index contributed by atoms with van der Waals surface area (Å²) in [5.74, 6) is 0. The van der Waals surface area contributed by atoms with Gasteiger partial charge in [0, 0.05) is 6.07 Å². The van der Waals surface area contributed by atoms with E-state index in [4.69, 9.17) is 11.6 Å². The summed E-state index contributed by atoms with van der Waals surface area (Å²) in [4.78, 5) is 3.51. The number of para-hydroxylation sites is 1. The number of H-pyrrole nitrogens is 1. The van der Waals surface area contributed by atoms with E-state index in [0.717, 1.165) is 32.5 Å². The van der Waals surface area contributed by atoms with Crippen molar-refractivity contribution in [3.63, 3.8) is 0 Å². The Morgan fingerprint density at radius 1 is 0.808 bits per heavy atom. The second kappa shape index (κ2) is 6.31. The number of aromatic amines is 1. The van der Waals surface area contributed by atoms with Crippen LogP contribution in [0.25, 0.3) is 44.0 Å². The summed E-state index contributed by atoms with van der Waals surface area (Å²) in [6.07, 6.45) is 0. The fourth-order valence-electron chi connectivity index (χ4n) is 3.70. The number of nitrogens with zero attached hydrogens (tertiary/aromatic N) is 1. The highest BCUT2D eigenvalue weighted by atomic mass is 35.5. The molecule has 0 bridgehead atoms. The van der Waals surface area contributed by atoms with Gasteiger partial charge in [0.05, 0.1) is 21.3 Å². The lowest BCUT2D eigenvalue weighted by Gasteiger charge is -2.03. The first kappa shape index (κ1) is 16.9. The quantitative estimate of drug-likeness (QED) is 0.342. The van der Waals surface area contributed by atoms with Crippen molar-refractivity contribution < 1.29 is 4.57 Å². The maximum Gasteiger partial charge on any atom is 0.240 e. The number of halogens is 2. The molecule has 2 aromatic heterocycles. The minimum atomic E-state index is 0. The van der Waals surface area contributed by atoms with Crippen molar-refractivity contribution in [3.8, 4) is 11.1 Å². The Morgan fingerprint density at radius 2 is 1.54 bits per heavy atom. The van der Waals surface area contributed by atoms with Gasteiger partial charge >= 0.3 is 0 Å². The molecule has 5 rings (SSSR count). The molecule has 128 valence electrons. The van der Waals surface area contributed by atoms with Crippen molar-refractivity contribution in [2.24, 2.45) is 7.05 Å². The summed E-state index contributed by atoms with van der Waals surface area (Å²) in [5.41, 5.74) is 6.78. The van der Waals surface area contributed by atoms with E-state index < -0.39 is 0 Å². The van der Waals surface area contributed by atoms with Gasteiger partial charge in [-0.15, -0.1) is 12.4 Å². The van der Waals surface area contributed by atoms with Gasteiger partial charge in [-0.2, -0.15) is 4.57 Å². The Kier molecular flexibility index (Phi) is 4.10. The van der Waals surface area contributed by atoms with Crippen LogP contribution in [0.4, 0.5) is 0 Å². The molecule has 0 aliphatic heterocycles. The number of hydrogen-bond donors (Lipinski definition) is 1. The number of benzene rings is 3. The van der Waals surface area contributed by atoms with Gasteiger partial charge in [-0.3, -0.25) is 0 Å². The molecule has 0 saturated heterocycles. The van der Waals surface area contributed by atoms with Crippen molar-refractivity contribution in [2.75, 3.05) is 0 Å². The molecule has 0 aliphatic rings. The average molecular weight is 380 g/mol. The molecule has 0 aliphatic carbocycles. The van der Waals surface area contributed by atoms with E-state index in [1.54, 1.807) is 0 Å².